The van der Waals surface area contributed by atoms with Gasteiger partial charge in [0.25, 0.3) is 0 Å². The zero-order chi connectivity index (χ0) is 16.7. The monoisotopic (exact) mass is 322 g/mol. The van der Waals surface area contributed by atoms with E-state index in [4.69, 9.17) is 4.74 Å². The fourth-order valence-electron chi connectivity index (χ4n) is 3.17. The van der Waals surface area contributed by atoms with Gasteiger partial charge in [-0.05, 0) is 37.6 Å². The average Bonchev–Trinajstić information content (AvgIpc) is 2.71. The molecule has 0 fully saturated rings. The normalized spacial score (nSPS) is 19.4. The largest absolute Gasteiger partial charge is 0.483 e. The molecule has 1 aliphatic heterocycles. The molecule has 4 rings (SSSR count). The van der Waals surface area contributed by atoms with Crippen LogP contribution in [0.2, 0.25) is 0 Å². The van der Waals surface area contributed by atoms with Crippen molar-refractivity contribution in [1.82, 2.24) is 10.3 Å². The Morgan fingerprint density at radius 2 is 2.00 bits per heavy atom. The van der Waals surface area contributed by atoms with E-state index in [9.17, 15) is 4.39 Å². The number of benzene rings is 2. The summed E-state index contributed by atoms with van der Waals surface area (Å²) >= 11 is 0. The van der Waals surface area contributed by atoms with Crippen molar-refractivity contribution in [3.8, 4) is 5.75 Å². The van der Waals surface area contributed by atoms with Crippen LogP contribution < -0.4 is 10.1 Å². The van der Waals surface area contributed by atoms with Gasteiger partial charge in [-0.2, -0.15) is 0 Å². The predicted octanol–water partition coefficient (Wildman–Crippen LogP) is 4.22. The predicted molar refractivity (Wildman–Crippen MR) is 92.7 cm³/mol. The van der Waals surface area contributed by atoms with Crippen LogP contribution in [-0.4, -0.2) is 17.1 Å². The number of hydrogen-bond acceptors (Lipinski definition) is 3. The van der Waals surface area contributed by atoms with Gasteiger partial charge >= 0.3 is 0 Å². The highest BCUT2D eigenvalue weighted by Crippen LogP contribution is 2.37. The minimum absolute atomic E-state index is 0.158. The van der Waals surface area contributed by atoms with Gasteiger partial charge in [-0.25, -0.2) is 4.39 Å². The second-order valence-corrected chi connectivity index (χ2v) is 6.80. The van der Waals surface area contributed by atoms with Crippen LogP contribution in [0.15, 0.2) is 54.7 Å². The molecule has 0 aliphatic carbocycles. The van der Waals surface area contributed by atoms with Crippen LogP contribution in [0, 0.1) is 5.82 Å². The van der Waals surface area contributed by atoms with E-state index in [1.807, 2.05) is 50.4 Å². The van der Waals surface area contributed by atoms with Gasteiger partial charge in [0.15, 0.2) is 11.6 Å². The third kappa shape index (κ3) is 2.63. The first-order valence-electron chi connectivity index (χ1n) is 8.09. The van der Waals surface area contributed by atoms with Crippen LogP contribution in [0.25, 0.3) is 10.9 Å². The zero-order valence-electron chi connectivity index (χ0n) is 13.7. The standard InChI is InChI=1S/C20H19FN2O/c1-20(2)12-23-18(15-7-5-8-16(21)19(15)24-20)14-10-13-6-3-4-9-17(13)22-11-14/h3-11,18,23H,12H2,1-2H3. The van der Waals surface area contributed by atoms with Crippen LogP contribution in [0.3, 0.4) is 0 Å². The maximum atomic E-state index is 14.4. The Labute approximate surface area is 140 Å². The van der Waals surface area contributed by atoms with Gasteiger partial charge in [-0.3, -0.25) is 4.98 Å². The molecule has 1 aliphatic rings. The molecule has 4 heteroatoms. The van der Waals surface area contributed by atoms with Crippen molar-refractivity contribution in [3.63, 3.8) is 0 Å². The maximum absolute atomic E-state index is 14.4. The highest BCUT2D eigenvalue weighted by atomic mass is 19.1. The number of hydrogen-bond donors (Lipinski definition) is 1. The van der Waals surface area contributed by atoms with Gasteiger partial charge in [0.1, 0.15) is 5.60 Å². The number of rotatable bonds is 1. The Balaban J connectivity index is 1.86. The first-order valence-corrected chi connectivity index (χ1v) is 8.09. The molecule has 2 heterocycles. The molecule has 0 amide bonds. The lowest BCUT2D eigenvalue weighted by atomic mass is 9.98. The summed E-state index contributed by atoms with van der Waals surface area (Å²) in [7, 11) is 0. The number of pyridine rings is 1. The topological polar surface area (TPSA) is 34.2 Å². The maximum Gasteiger partial charge on any atom is 0.165 e. The molecule has 0 saturated carbocycles. The molecule has 1 unspecified atom stereocenters. The quantitative estimate of drug-likeness (QED) is 0.728. The lowest BCUT2D eigenvalue weighted by Gasteiger charge is -2.24. The van der Waals surface area contributed by atoms with E-state index >= 15 is 0 Å². The Morgan fingerprint density at radius 1 is 1.17 bits per heavy atom. The molecule has 3 aromatic rings. The third-order valence-electron chi connectivity index (χ3n) is 4.36. The number of aromatic nitrogens is 1. The van der Waals surface area contributed by atoms with E-state index in [1.165, 1.54) is 6.07 Å². The second-order valence-electron chi connectivity index (χ2n) is 6.80. The summed E-state index contributed by atoms with van der Waals surface area (Å²) in [6.45, 7) is 4.52. The summed E-state index contributed by atoms with van der Waals surface area (Å²) in [6.07, 6.45) is 1.85. The molecule has 0 saturated heterocycles. The molecular formula is C20H19FN2O. The van der Waals surface area contributed by atoms with Crippen molar-refractivity contribution in [2.75, 3.05) is 6.54 Å². The number of nitrogens with zero attached hydrogens (tertiary/aromatic N) is 1. The second kappa shape index (κ2) is 5.56. The van der Waals surface area contributed by atoms with Crippen LogP contribution >= 0.6 is 0 Å². The minimum Gasteiger partial charge on any atom is -0.483 e. The van der Waals surface area contributed by atoms with Crippen molar-refractivity contribution >= 4 is 10.9 Å². The molecule has 1 N–H and O–H groups in total. The zero-order valence-corrected chi connectivity index (χ0v) is 13.7. The summed E-state index contributed by atoms with van der Waals surface area (Å²) in [5, 5.41) is 4.57. The minimum atomic E-state index is -0.490. The molecule has 122 valence electrons. The average molecular weight is 322 g/mol. The van der Waals surface area contributed by atoms with Gasteiger partial charge in [0.05, 0.1) is 11.6 Å². The highest BCUT2D eigenvalue weighted by molar-refractivity contribution is 5.79. The molecular weight excluding hydrogens is 303 g/mol. The fourth-order valence-corrected chi connectivity index (χ4v) is 3.17. The number of nitrogens with one attached hydrogen (secondary N) is 1. The summed E-state index contributed by atoms with van der Waals surface area (Å²) < 4.78 is 20.3. The molecule has 1 atom stereocenters. The molecule has 0 spiro atoms. The van der Waals surface area contributed by atoms with Crippen molar-refractivity contribution in [1.29, 1.82) is 0 Å². The fraction of sp³-hybridized carbons (Fsp3) is 0.250. The Bertz CT molecular complexity index is 907. The van der Waals surface area contributed by atoms with E-state index in [-0.39, 0.29) is 11.9 Å². The molecule has 3 nitrogen and oxygen atoms in total. The van der Waals surface area contributed by atoms with Gasteiger partial charge in [0, 0.05) is 23.7 Å². The molecule has 0 bridgehead atoms. The molecule has 1 aromatic heterocycles. The summed E-state index contributed by atoms with van der Waals surface area (Å²) in [6, 6.07) is 15.0. The first kappa shape index (κ1) is 15.1. The summed E-state index contributed by atoms with van der Waals surface area (Å²) in [4.78, 5) is 4.54. The van der Waals surface area contributed by atoms with Gasteiger partial charge in [0.2, 0.25) is 0 Å². The summed E-state index contributed by atoms with van der Waals surface area (Å²) in [5.41, 5.74) is 2.26. The third-order valence-corrected chi connectivity index (χ3v) is 4.36. The first-order chi connectivity index (χ1) is 11.5. The molecule has 0 radical (unpaired) electrons. The molecule has 24 heavy (non-hydrogen) atoms. The lowest BCUT2D eigenvalue weighted by Crippen LogP contribution is -2.39. The van der Waals surface area contributed by atoms with Crippen molar-refractivity contribution < 1.29 is 9.13 Å². The van der Waals surface area contributed by atoms with Crippen molar-refractivity contribution in [3.05, 3.63) is 71.7 Å². The van der Waals surface area contributed by atoms with Crippen LogP contribution in [0.5, 0.6) is 5.75 Å². The van der Waals surface area contributed by atoms with Gasteiger partial charge < -0.3 is 10.1 Å². The Kier molecular flexibility index (Phi) is 3.50. The van der Waals surface area contributed by atoms with Crippen LogP contribution in [0.4, 0.5) is 4.39 Å². The van der Waals surface area contributed by atoms with Crippen molar-refractivity contribution in [2.45, 2.75) is 25.5 Å². The number of halogens is 1. The summed E-state index contributed by atoms with van der Waals surface area (Å²) in [5.74, 6) is -0.00585. The van der Waals surface area contributed by atoms with E-state index in [1.54, 1.807) is 6.07 Å². The van der Waals surface area contributed by atoms with Gasteiger partial charge in [-0.15, -0.1) is 0 Å². The van der Waals surface area contributed by atoms with E-state index in [2.05, 4.69) is 16.4 Å². The highest BCUT2D eigenvalue weighted by Gasteiger charge is 2.32. The Hall–Kier alpha value is -2.46. The molecule has 2 aromatic carbocycles. The van der Waals surface area contributed by atoms with E-state index in [0.29, 0.717) is 12.3 Å². The number of ether oxygens (including phenoxy) is 1. The SMILES string of the molecule is CC1(C)CNC(c2cnc3ccccc3c2)c2cccc(F)c2O1. The smallest absolute Gasteiger partial charge is 0.165 e. The van der Waals surface area contributed by atoms with Crippen LogP contribution in [-0.2, 0) is 0 Å². The Morgan fingerprint density at radius 3 is 2.88 bits per heavy atom. The lowest BCUT2D eigenvalue weighted by molar-refractivity contribution is 0.109. The van der Waals surface area contributed by atoms with Crippen LogP contribution in [0.1, 0.15) is 31.0 Å². The number of fused-ring (bicyclic) bond motifs is 2. The van der Waals surface area contributed by atoms with Crippen molar-refractivity contribution in [2.24, 2.45) is 0 Å². The number of para-hydroxylation sites is 2. The van der Waals surface area contributed by atoms with E-state index in [0.717, 1.165) is 22.0 Å². The van der Waals surface area contributed by atoms with Gasteiger partial charge in [-0.1, -0.05) is 30.3 Å². The van der Waals surface area contributed by atoms with E-state index < -0.39 is 5.60 Å².